The third-order valence-electron chi connectivity index (χ3n) is 5.96. The van der Waals surface area contributed by atoms with Crippen LogP contribution in [-0.4, -0.2) is 73.3 Å². The molecule has 0 atom stereocenters. The highest BCUT2D eigenvalue weighted by atomic mass is 16.5. The van der Waals surface area contributed by atoms with Crippen molar-refractivity contribution in [3.8, 4) is 17.5 Å². The molecular weight excluding hydrogens is 474 g/mol. The topological polar surface area (TPSA) is 119 Å². The maximum atomic E-state index is 5.93. The molecule has 3 heterocycles. The summed E-state index contributed by atoms with van der Waals surface area (Å²) in [7, 11) is 3.23. The Morgan fingerprint density at radius 1 is 1.05 bits per heavy atom. The van der Waals surface area contributed by atoms with Gasteiger partial charge in [-0.05, 0) is 23.8 Å². The fourth-order valence-corrected chi connectivity index (χ4v) is 4.02. The Hall–Kier alpha value is -4.38. The number of morpholine rings is 1. The number of rotatable bonds is 10. The van der Waals surface area contributed by atoms with Crippen LogP contribution in [0.3, 0.4) is 0 Å². The first kappa shape index (κ1) is 24.3. The lowest BCUT2D eigenvalue weighted by Crippen LogP contribution is -2.37. The van der Waals surface area contributed by atoms with Crippen LogP contribution in [0.4, 0.5) is 11.9 Å². The first-order valence-electron chi connectivity index (χ1n) is 12.0. The lowest BCUT2D eigenvalue weighted by atomic mass is 10.1. The number of hydrogen-bond acceptors (Lipinski definition) is 10. The molecule has 0 radical (unpaired) electrons. The Kier molecular flexibility index (Phi) is 7.60. The summed E-state index contributed by atoms with van der Waals surface area (Å²) < 4.78 is 22.1. The number of ether oxygens (including phenoxy) is 4. The molecule has 4 aromatic rings. The lowest BCUT2D eigenvalue weighted by molar-refractivity contribution is 0.122. The molecule has 0 unspecified atom stereocenters. The Bertz CT molecular complexity index is 1370. The summed E-state index contributed by atoms with van der Waals surface area (Å²) in [6.07, 6.45) is 4.28. The lowest BCUT2D eigenvalue weighted by Gasteiger charge is -2.26. The minimum Gasteiger partial charge on any atom is -0.493 e. The van der Waals surface area contributed by atoms with Gasteiger partial charge in [-0.1, -0.05) is 24.3 Å². The SMILES string of the molecule is COc1ccc(CCOc2nc(NN=Cc3c[nH]c4ccccc34)nc(N3CCOCC3)n2)cc1OC. The molecule has 2 N–H and O–H groups in total. The second kappa shape index (κ2) is 11.6. The average molecular weight is 504 g/mol. The van der Waals surface area contributed by atoms with Crippen molar-refractivity contribution in [2.45, 2.75) is 6.42 Å². The van der Waals surface area contributed by atoms with Crippen molar-refractivity contribution in [1.29, 1.82) is 0 Å². The first-order chi connectivity index (χ1) is 18.2. The maximum absolute atomic E-state index is 5.93. The standard InChI is InChI=1S/C26H29N7O4/c1-34-22-8-7-18(15-23(22)35-2)9-12-37-26-30-24(29-25(31-26)33-10-13-36-14-11-33)32-28-17-19-16-27-21-6-4-3-5-20(19)21/h3-8,15-17,27H,9-14H2,1-2H3,(H,29,30,31,32). The predicted octanol–water partition coefficient (Wildman–Crippen LogP) is 3.27. The number of aromatic amines is 1. The van der Waals surface area contributed by atoms with Crippen molar-refractivity contribution in [3.05, 3.63) is 59.8 Å². The molecule has 5 rings (SSSR count). The molecule has 0 spiro atoms. The van der Waals surface area contributed by atoms with Gasteiger partial charge < -0.3 is 28.8 Å². The fraction of sp³-hybridized carbons (Fsp3) is 0.308. The summed E-state index contributed by atoms with van der Waals surface area (Å²) in [4.78, 5) is 18.8. The van der Waals surface area contributed by atoms with Crippen molar-refractivity contribution >= 4 is 29.0 Å². The Morgan fingerprint density at radius 2 is 1.89 bits per heavy atom. The van der Waals surface area contributed by atoms with Crippen molar-refractivity contribution in [3.63, 3.8) is 0 Å². The van der Waals surface area contributed by atoms with Crippen LogP contribution in [0.1, 0.15) is 11.1 Å². The van der Waals surface area contributed by atoms with Crippen molar-refractivity contribution < 1.29 is 18.9 Å². The van der Waals surface area contributed by atoms with Crippen LogP contribution in [0.2, 0.25) is 0 Å². The quantitative estimate of drug-likeness (QED) is 0.248. The summed E-state index contributed by atoms with van der Waals surface area (Å²) in [5.74, 6) is 2.18. The molecular formula is C26H29N7O4. The molecule has 2 aromatic carbocycles. The molecule has 192 valence electrons. The number of nitrogens with one attached hydrogen (secondary N) is 2. The van der Waals surface area contributed by atoms with Gasteiger partial charge in [0.15, 0.2) is 11.5 Å². The molecule has 0 amide bonds. The highest BCUT2D eigenvalue weighted by Gasteiger charge is 2.17. The van der Waals surface area contributed by atoms with E-state index in [2.05, 4.69) is 30.5 Å². The van der Waals surface area contributed by atoms with E-state index in [0.29, 0.717) is 62.7 Å². The van der Waals surface area contributed by atoms with E-state index in [9.17, 15) is 0 Å². The van der Waals surface area contributed by atoms with Gasteiger partial charge in [0.25, 0.3) is 5.95 Å². The first-order valence-corrected chi connectivity index (χ1v) is 12.0. The predicted molar refractivity (Wildman–Crippen MR) is 141 cm³/mol. The molecule has 11 nitrogen and oxygen atoms in total. The monoisotopic (exact) mass is 503 g/mol. The van der Waals surface area contributed by atoms with Crippen LogP contribution in [0.15, 0.2) is 53.8 Å². The van der Waals surface area contributed by atoms with E-state index >= 15 is 0 Å². The second-order valence-corrected chi connectivity index (χ2v) is 8.29. The minimum absolute atomic E-state index is 0.224. The summed E-state index contributed by atoms with van der Waals surface area (Å²) >= 11 is 0. The van der Waals surface area contributed by atoms with Crippen molar-refractivity contribution in [2.75, 3.05) is 57.5 Å². The zero-order valence-electron chi connectivity index (χ0n) is 20.8. The van der Waals surface area contributed by atoms with Gasteiger partial charge >= 0.3 is 6.01 Å². The van der Waals surface area contributed by atoms with Gasteiger partial charge in [-0.15, -0.1) is 0 Å². The molecule has 0 saturated carbocycles. The zero-order valence-corrected chi connectivity index (χ0v) is 20.8. The number of para-hydroxylation sites is 1. The van der Waals surface area contributed by atoms with E-state index < -0.39 is 0 Å². The van der Waals surface area contributed by atoms with Crippen molar-refractivity contribution in [2.24, 2.45) is 5.10 Å². The second-order valence-electron chi connectivity index (χ2n) is 8.29. The van der Waals surface area contributed by atoms with E-state index in [4.69, 9.17) is 18.9 Å². The average Bonchev–Trinajstić information content (AvgIpc) is 3.36. The van der Waals surface area contributed by atoms with E-state index in [1.807, 2.05) is 53.6 Å². The molecule has 37 heavy (non-hydrogen) atoms. The van der Waals surface area contributed by atoms with Crippen LogP contribution < -0.4 is 24.5 Å². The van der Waals surface area contributed by atoms with Gasteiger partial charge in [0.1, 0.15) is 0 Å². The van der Waals surface area contributed by atoms with Gasteiger partial charge in [0.2, 0.25) is 5.95 Å². The molecule has 1 aliphatic rings. The Labute approximate surface area is 214 Å². The summed E-state index contributed by atoms with van der Waals surface area (Å²) in [6.45, 7) is 2.98. The molecule has 0 aliphatic carbocycles. The highest BCUT2D eigenvalue weighted by molar-refractivity contribution is 5.99. The number of benzene rings is 2. The highest BCUT2D eigenvalue weighted by Crippen LogP contribution is 2.27. The molecule has 1 aliphatic heterocycles. The fourth-order valence-electron chi connectivity index (χ4n) is 4.02. The molecule has 11 heteroatoms. The number of nitrogens with zero attached hydrogens (tertiary/aromatic N) is 5. The smallest absolute Gasteiger partial charge is 0.323 e. The zero-order chi connectivity index (χ0) is 25.5. The number of fused-ring (bicyclic) bond motifs is 1. The van der Waals surface area contributed by atoms with E-state index in [1.54, 1.807) is 20.4 Å². The van der Waals surface area contributed by atoms with Crippen LogP contribution in [0, 0.1) is 0 Å². The van der Waals surface area contributed by atoms with Gasteiger partial charge in [0.05, 0.1) is 40.3 Å². The molecule has 2 aromatic heterocycles. The number of H-pyrrole nitrogens is 1. The Balaban J connectivity index is 1.30. The molecule has 0 bridgehead atoms. The molecule has 1 saturated heterocycles. The van der Waals surface area contributed by atoms with Crippen LogP contribution >= 0.6 is 0 Å². The van der Waals surface area contributed by atoms with Gasteiger partial charge in [0, 0.05) is 42.2 Å². The molecule has 1 fully saturated rings. The number of anilines is 2. The minimum atomic E-state index is 0.224. The number of aromatic nitrogens is 4. The van der Waals surface area contributed by atoms with Gasteiger partial charge in [-0.2, -0.15) is 20.1 Å². The largest absolute Gasteiger partial charge is 0.493 e. The Morgan fingerprint density at radius 3 is 2.73 bits per heavy atom. The summed E-state index contributed by atoms with van der Waals surface area (Å²) in [5.41, 5.74) is 5.97. The van der Waals surface area contributed by atoms with E-state index in [1.165, 1.54) is 0 Å². The third-order valence-corrected chi connectivity index (χ3v) is 5.96. The summed E-state index contributed by atoms with van der Waals surface area (Å²) in [5, 5.41) is 5.43. The number of methoxy groups -OCH3 is 2. The van der Waals surface area contributed by atoms with Crippen molar-refractivity contribution in [1.82, 2.24) is 19.9 Å². The maximum Gasteiger partial charge on any atom is 0.323 e. The van der Waals surface area contributed by atoms with Crippen LogP contribution in [-0.2, 0) is 11.2 Å². The normalized spacial score (nSPS) is 13.7. The van der Waals surface area contributed by atoms with Crippen LogP contribution in [0.5, 0.6) is 17.5 Å². The van der Waals surface area contributed by atoms with Gasteiger partial charge in [-0.3, -0.25) is 0 Å². The summed E-state index contributed by atoms with van der Waals surface area (Å²) in [6, 6.07) is 14.0. The van der Waals surface area contributed by atoms with Gasteiger partial charge in [-0.25, -0.2) is 5.43 Å². The van der Waals surface area contributed by atoms with E-state index in [0.717, 1.165) is 22.0 Å². The third kappa shape index (κ3) is 5.89. The van der Waals surface area contributed by atoms with E-state index in [-0.39, 0.29) is 6.01 Å². The number of hydrazone groups is 1. The van der Waals surface area contributed by atoms with Crippen LogP contribution in [0.25, 0.3) is 10.9 Å². The number of hydrogen-bond donors (Lipinski definition) is 2.